The van der Waals surface area contributed by atoms with Crippen molar-refractivity contribution in [3.63, 3.8) is 0 Å². The molecule has 0 amide bonds. The normalized spacial score (nSPS) is 9.85. The molecule has 0 fully saturated rings. The molecule has 0 radical (unpaired) electrons. The monoisotopic (exact) mass is 246 g/mol. The molecule has 0 bridgehead atoms. The quantitative estimate of drug-likeness (QED) is 0.671. The number of hydrogen-bond acceptors (Lipinski definition) is 4. The minimum Gasteiger partial charge on any atom is -0.512 e. The van der Waals surface area contributed by atoms with E-state index < -0.39 is 7.32 Å². The summed E-state index contributed by atoms with van der Waals surface area (Å²) in [6.45, 7) is -0.128. The van der Waals surface area contributed by atoms with Gasteiger partial charge in [-0.05, 0) is 23.8 Å². The van der Waals surface area contributed by atoms with Crippen LogP contribution < -0.4 is 4.65 Å². The first-order chi connectivity index (χ1) is 6.11. The van der Waals surface area contributed by atoms with Crippen molar-refractivity contribution in [1.82, 2.24) is 0 Å². The molecule has 0 aliphatic heterocycles. The van der Waals surface area contributed by atoms with E-state index in [2.05, 4.69) is 20.6 Å². The molecule has 13 heavy (non-hydrogen) atoms. The maximum absolute atomic E-state index is 8.82. The van der Waals surface area contributed by atoms with Crippen molar-refractivity contribution in [3.8, 4) is 5.75 Å². The number of rotatable bonds is 3. The summed E-state index contributed by atoms with van der Waals surface area (Å²) in [5.41, 5.74) is 0.630. The highest BCUT2D eigenvalue weighted by molar-refractivity contribution is 9.10. The zero-order valence-electron chi connectivity index (χ0n) is 6.64. The molecule has 0 aromatic heterocycles. The van der Waals surface area contributed by atoms with Crippen LogP contribution in [0.5, 0.6) is 5.75 Å². The van der Waals surface area contributed by atoms with Crippen LogP contribution in [0.4, 0.5) is 0 Å². The summed E-state index contributed by atoms with van der Waals surface area (Å²) in [4.78, 5) is 0. The summed E-state index contributed by atoms with van der Waals surface area (Å²) in [6, 6.07) is 4.79. The van der Waals surface area contributed by atoms with Gasteiger partial charge in [0.15, 0.2) is 0 Å². The van der Waals surface area contributed by atoms with E-state index in [1.165, 1.54) is 6.07 Å². The third kappa shape index (κ3) is 3.35. The fourth-order valence-corrected chi connectivity index (χ4v) is 1.42. The lowest BCUT2D eigenvalue weighted by Crippen LogP contribution is -2.20. The third-order valence-electron chi connectivity index (χ3n) is 1.36. The number of aliphatic hydroxyl groups excluding tert-OH is 1. The van der Waals surface area contributed by atoms with Crippen molar-refractivity contribution in [3.05, 3.63) is 28.2 Å². The van der Waals surface area contributed by atoms with E-state index in [-0.39, 0.29) is 12.4 Å². The van der Waals surface area contributed by atoms with Crippen LogP contribution in [0.2, 0.25) is 0 Å². The highest BCUT2D eigenvalue weighted by Crippen LogP contribution is 2.21. The lowest BCUT2D eigenvalue weighted by molar-refractivity contribution is 0.277. The summed E-state index contributed by atoms with van der Waals surface area (Å²) in [6.07, 6.45) is 0. The first kappa shape index (κ1) is 10.5. The molecule has 3 N–H and O–H groups in total. The van der Waals surface area contributed by atoms with E-state index in [4.69, 9.17) is 15.2 Å². The molecule has 0 aliphatic rings. The van der Waals surface area contributed by atoms with Gasteiger partial charge in [0, 0.05) is 4.47 Å². The second-order valence-corrected chi connectivity index (χ2v) is 3.31. The molecule has 4 nitrogen and oxygen atoms in total. The average molecular weight is 247 g/mol. The first-order valence-electron chi connectivity index (χ1n) is 3.55. The van der Waals surface area contributed by atoms with E-state index in [9.17, 15) is 0 Å². The van der Waals surface area contributed by atoms with Crippen molar-refractivity contribution in [2.45, 2.75) is 6.61 Å². The molecule has 0 atom stereocenters. The Labute approximate surface area is 84.1 Å². The molecule has 0 aliphatic carbocycles. The molecule has 70 valence electrons. The van der Waals surface area contributed by atoms with E-state index >= 15 is 0 Å². The Morgan fingerprint density at radius 3 is 2.54 bits per heavy atom. The lowest BCUT2D eigenvalue weighted by Gasteiger charge is -2.06. The molecule has 0 saturated carbocycles. The molecule has 0 unspecified atom stereocenters. The Morgan fingerprint density at radius 2 is 2.00 bits per heavy atom. The van der Waals surface area contributed by atoms with Gasteiger partial charge in [-0.25, -0.2) is 0 Å². The average Bonchev–Trinajstić information content (AvgIpc) is 2.01. The van der Waals surface area contributed by atoms with E-state index in [0.717, 1.165) is 0 Å². The largest absolute Gasteiger partial charge is 0.707 e. The van der Waals surface area contributed by atoms with Gasteiger partial charge in [-0.2, -0.15) is 0 Å². The van der Waals surface area contributed by atoms with Gasteiger partial charge in [-0.1, -0.05) is 15.9 Å². The van der Waals surface area contributed by atoms with Gasteiger partial charge in [0.2, 0.25) is 0 Å². The molecule has 6 heteroatoms. The molecular weight excluding hydrogens is 239 g/mol. The predicted octanol–water partition coefficient (Wildman–Crippen LogP) is 0.290. The van der Waals surface area contributed by atoms with Crippen molar-refractivity contribution in [1.29, 1.82) is 0 Å². The molecule has 0 heterocycles. The summed E-state index contributed by atoms with van der Waals surface area (Å²) in [5.74, 6) is 0.286. The smallest absolute Gasteiger partial charge is 0.512 e. The van der Waals surface area contributed by atoms with Crippen LogP contribution in [-0.4, -0.2) is 22.5 Å². The Hall–Kier alpha value is -0.555. The van der Waals surface area contributed by atoms with Crippen LogP contribution in [0, 0.1) is 0 Å². The minimum absolute atomic E-state index is 0.128. The first-order valence-corrected chi connectivity index (χ1v) is 4.34. The van der Waals surface area contributed by atoms with E-state index in [0.29, 0.717) is 10.0 Å². The third-order valence-corrected chi connectivity index (χ3v) is 1.81. The minimum atomic E-state index is -1.85. The summed E-state index contributed by atoms with van der Waals surface area (Å²) in [5, 5.41) is 25.9. The van der Waals surface area contributed by atoms with Gasteiger partial charge < -0.3 is 19.8 Å². The molecular formula is C7H8BBrO4. The fourth-order valence-electron chi connectivity index (χ4n) is 0.902. The standard InChI is InChI=1S/C7H8BBrO4/c9-6-1-5(4-10)2-7(3-6)13-8(11)12/h1-3,10-12H,4H2. The van der Waals surface area contributed by atoms with Crippen molar-refractivity contribution in [2.24, 2.45) is 0 Å². The fraction of sp³-hybridized carbons (Fsp3) is 0.143. The van der Waals surface area contributed by atoms with Crippen LogP contribution in [-0.2, 0) is 6.61 Å². The Bertz CT molecular complexity index is 292. The number of halogens is 1. The van der Waals surface area contributed by atoms with Crippen LogP contribution in [0.25, 0.3) is 0 Å². The zero-order valence-corrected chi connectivity index (χ0v) is 8.23. The maximum Gasteiger partial charge on any atom is 0.707 e. The SMILES string of the molecule is OCc1cc(Br)cc(OB(O)O)c1. The van der Waals surface area contributed by atoms with Crippen molar-refractivity contribution < 1.29 is 19.8 Å². The molecule has 0 spiro atoms. The Balaban J connectivity index is 2.88. The molecule has 1 rings (SSSR count). The summed E-state index contributed by atoms with van der Waals surface area (Å²) >= 11 is 3.19. The second kappa shape index (κ2) is 4.62. The zero-order chi connectivity index (χ0) is 9.84. The predicted molar refractivity (Wildman–Crippen MR) is 50.9 cm³/mol. The van der Waals surface area contributed by atoms with Gasteiger partial charge in [-0.15, -0.1) is 0 Å². The van der Waals surface area contributed by atoms with Gasteiger partial charge in [-0.3, -0.25) is 0 Å². The number of benzene rings is 1. The Morgan fingerprint density at radius 1 is 1.31 bits per heavy atom. The highest BCUT2D eigenvalue weighted by Gasteiger charge is 2.11. The number of hydrogen-bond donors (Lipinski definition) is 3. The van der Waals surface area contributed by atoms with E-state index in [1.807, 2.05) is 0 Å². The van der Waals surface area contributed by atoms with Crippen molar-refractivity contribution in [2.75, 3.05) is 0 Å². The van der Waals surface area contributed by atoms with Crippen LogP contribution in [0.3, 0.4) is 0 Å². The lowest BCUT2D eigenvalue weighted by atomic mass is 10.2. The van der Waals surface area contributed by atoms with Crippen molar-refractivity contribution >= 4 is 23.3 Å². The summed E-state index contributed by atoms with van der Waals surface area (Å²) in [7, 11) is -1.85. The van der Waals surface area contributed by atoms with Gasteiger partial charge >= 0.3 is 7.32 Å². The van der Waals surface area contributed by atoms with Gasteiger partial charge in [0.05, 0.1) is 6.61 Å². The molecule has 0 saturated heterocycles. The van der Waals surface area contributed by atoms with Crippen LogP contribution >= 0.6 is 15.9 Å². The Kier molecular flexibility index (Phi) is 3.74. The van der Waals surface area contributed by atoms with Gasteiger partial charge in [0.1, 0.15) is 5.75 Å². The van der Waals surface area contributed by atoms with Gasteiger partial charge in [0.25, 0.3) is 0 Å². The molecule has 1 aromatic rings. The van der Waals surface area contributed by atoms with E-state index in [1.54, 1.807) is 12.1 Å². The van der Waals surface area contributed by atoms with Crippen LogP contribution in [0.15, 0.2) is 22.7 Å². The number of aliphatic hydroxyl groups is 1. The highest BCUT2D eigenvalue weighted by atomic mass is 79.9. The summed E-state index contributed by atoms with van der Waals surface area (Å²) < 4.78 is 5.31. The second-order valence-electron chi connectivity index (χ2n) is 2.40. The topological polar surface area (TPSA) is 69.9 Å². The maximum atomic E-state index is 8.82. The van der Waals surface area contributed by atoms with Crippen LogP contribution in [0.1, 0.15) is 5.56 Å². The molecule has 1 aromatic carbocycles.